The Morgan fingerprint density at radius 3 is 2.94 bits per heavy atom. The lowest BCUT2D eigenvalue weighted by molar-refractivity contribution is -0.139. The molecular weight excluding hydrogens is 241 g/mol. The number of hydrogen-bond acceptors (Lipinski definition) is 4. The molecule has 1 N–H and O–H groups in total. The highest BCUT2D eigenvalue weighted by atomic mass is 32.2. The first-order valence-corrected chi connectivity index (χ1v) is 6.38. The summed E-state index contributed by atoms with van der Waals surface area (Å²) in [6, 6.07) is 4.86. The van der Waals surface area contributed by atoms with E-state index in [1.165, 1.54) is 17.8 Å². The van der Waals surface area contributed by atoms with Crippen LogP contribution < -0.4 is 5.32 Å². The van der Waals surface area contributed by atoms with Crippen molar-refractivity contribution in [3.05, 3.63) is 29.6 Å². The minimum absolute atomic E-state index is 0.202. The molecule has 0 aromatic heterocycles. The predicted molar refractivity (Wildman–Crippen MR) is 66.5 cm³/mol. The van der Waals surface area contributed by atoms with Gasteiger partial charge >= 0.3 is 5.97 Å². The van der Waals surface area contributed by atoms with Crippen LogP contribution in [0.2, 0.25) is 0 Å². The zero-order valence-electron chi connectivity index (χ0n) is 9.96. The number of ether oxygens (including phenoxy) is 1. The summed E-state index contributed by atoms with van der Waals surface area (Å²) in [4.78, 5) is 12.0. The molecule has 0 unspecified atom stereocenters. The fraction of sp³-hybridized carbons (Fsp3) is 0.417. The topological polar surface area (TPSA) is 38.3 Å². The molecule has 0 bridgehead atoms. The lowest BCUT2D eigenvalue weighted by Crippen LogP contribution is -2.10. The normalized spacial score (nSPS) is 10.3. The van der Waals surface area contributed by atoms with Crippen LogP contribution in [0.4, 0.5) is 4.39 Å². The van der Waals surface area contributed by atoms with Gasteiger partial charge in [-0.1, -0.05) is 6.07 Å². The van der Waals surface area contributed by atoms with E-state index in [9.17, 15) is 9.18 Å². The lowest BCUT2D eigenvalue weighted by atomic mass is 10.2. The van der Waals surface area contributed by atoms with Crippen LogP contribution in [0.25, 0.3) is 0 Å². The van der Waals surface area contributed by atoms with Crippen molar-refractivity contribution >= 4 is 17.7 Å². The molecule has 0 spiro atoms. The monoisotopic (exact) mass is 257 g/mol. The Kier molecular flexibility index (Phi) is 6.00. The number of carbonyl (C=O) groups excluding carboxylic acids is 1. The first-order chi connectivity index (χ1) is 8.19. The molecule has 1 rings (SSSR count). The van der Waals surface area contributed by atoms with Crippen molar-refractivity contribution < 1.29 is 13.9 Å². The lowest BCUT2D eigenvalue weighted by Gasteiger charge is -2.09. The number of esters is 1. The number of benzene rings is 1. The molecule has 0 amide bonds. The van der Waals surface area contributed by atoms with E-state index in [0.717, 1.165) is 4.90 Å². The van der Waals surface area contributed by atoms with E-state index in [4.69, 9.17) is 4.74 Å². The zero-order chi connectivity index (χ0) is 12.7. The highest BCUT2D eigenvalue weighted by Crippen LogP contribution is 2.24. The maximum Gasteiger partial charge on any atom is 0.316 e. The van der Waals surface area contributed by atoms with Crippen molar-refractivity contribution in [2.45, 2.75) is 18.4 Å². The van der Waals surface area contributed by atoms with Gasteiger partial charge in [0.1, 0.15) is 5.82 Å². The van der Waals surface area contributed by atoms with Gasteiger partial charge < -0.3 is 10.1 Å². The largest absolute Gasteiger partial charge is 0.465 e. The number of nitrogens with one attached hydrogen (secondary N) is 1. The first kappa shape index (κ1) is 14.0. The van der Waals surface area contributed by atoms with Gasteiger partial charge in [-0.3, -0.25) is 4.79 Å². The van der Waals surface area contributed by atoms with Gasteiger partial charge in [-0.2, -0.15) is 0 Å². The van der Waals surface area contributed by atoms with Gasteiger partial charge in [-0.15, -0.1) is 11.8 Å². The van der Waals surface area contributed by atoms with Gasteiger partial charge in [0.05, 0.1) is 12.4 Å². The molecule has 1 aromatic rings. The van der Waals surface area contributed by atoms with Crippen LogP contribution in [0.15, 0.2) is 23.1 Å². The number of thioether (sulfide) groups is 1. The molecule has 0 fully saturated rings. The van der Waals surface area contributed by atoms with Gasteiger partial charge in [-0.25, -0.2) is 4.39 Å². The third-order valence-electron chi connectivity index (χ3n) is 2.08. The van der Waals surface area contributed by atoms with E-state index < -0.39 is 0 Å². The fourth-order valence-corrected chi connectivity index (χ4v) is 2.24. The minimum Gasteiger partial charge on any atom is -0.465 e. The molecule has 5 heteroatoms. The summed E-state index contributed by atoms with van der Waals surface area (Å²) in [5, 5.41) is 2.91. The third-order valence-corrected chi connectivity index (χ3v) is 3.15. The van der Waals surface area contributed by atoms with Crippen molar-refractivity contribution in [3.63, 3.8) is 0 Å². The standard InChI is InChI=1S/C12H16FNO2S/c1-3-16-12(15)8-17-11-6-4-5-10(13)9(11)7-14-2/h4-6,14H,3,7-8H2,1-2H3. The highest BCUT2D eigenvalue weighted by Gasteiger charge is 2.10. The van der Waals surface area contributed by atoms with E-state index in [1.807, 2.05) is 0 Å². The summed E-state index contributed by atoms with van der Waals surface area (Å²) in [5.74, 6) is -0.334. The van der Waals surface area contributed by atoms with E-state index in [2.05, 4.69) is 5.32 Å². The maximum atomic E-state index is 13.5. The van der Waals surface area contributed by atoms with Crippen molar-refractivity contribution in [1.29, 1.82) is 0 Å². The van der Waals surface area contributed by atoms with E-state index in [1.54, 1.807) is 26.1 Å². The summed E-state index contributed by atoms with van der Waals surface area (Å²) in [7, 11) is 1.76. The SMILES string of the molecule is CCOC(=O)CSc1cccc(F)c1CNC. The molecule has 3 nitrogen and oxygen atoms in total. The van der Waals surface area contributed by atoms with Gasteiger partial charge in [0.25, 0.3) is 0 Å². The van der Waals surface area contributed by atoms with Gasteiger partial charge in [-0.05, 0) is 26.1 Å². The van der Waals surface area contributed by atoms with E-state index in [-0.39, 0.29) is 17.5 Å². The molecule has 0 saturated carbocycles. The van der Waals surface area contributed by atoms with Crippen LogP contribution in [0.1, 0.15) is 12.5 Å². The zero-order valence-corrected chi connectivity index (χ0v) is 10.8. The Balaban J connectivity index is 2.69. The molecule has 0 aliphatic rings. The number of hydrogen-bond donors (Lipinski definition) is 1. The Hall–Kier alpha value is -1.07. The molecule has 0 aliphatic carbocycles. The maximum absolute atomic E-state index is 13.5. The van der Waals surface area contributed by atoms with Gasteiger partial charge in [0.2, 0.25) is 0 Å². The molecule has 0 atom stereocenters. The number of carbonyl (C=O) groups is 1. The summed E-state index contributed by atoms with van der Waals surface area (Å²) in [6.07, 6.45) is 0. The summed E-state index contributed by atoms with van der Waals surface area (Å²) in [5.41, 5.74) is 0.587. The smallest absolute Gasteiger partial charge is 0.316 e. The molecule has 17 heavy (non-hydrogen) atoms. The van der Waals surface area contributed by atoms with Gasteiger partial charge in [0, 0.05) is 17.0 Å². The Bertz CT molecular complexity index is 385. The summed E-state index contributed by atoms with van der Waals surface area (Å²) < 4.78 is 18.4. The van der Waals surface area contributed by atoms with Crippen molar-refractivity contribution in [1.82, 2.24) is 5.32 Å². The molecule has 0 radical (unpaired) electrons. The molecule has 0 aliphatic heterocycles. The molecule has 0 saturated heterocycles. The van der Waals surface area contributed by atoms with Crippen molar-refractivity contribution in [3.8, 4) is 0 Å². The van der Waals surface area contributed by atoms with Crippen LogP contribution in [0.3, 0.4) is 0 Å². The van der Waals surface area contributed by atoms with Crippen LogP contribution in [0, 0.1) is 5.82 Å². The first-order valence-electron chi connectivity index (χ1n) is 5.39. The second-order valence-electron chi connectivity index (χ2n) is 3.34. The third kappa shape index (κ3) is 4.36. The van der Waals surface area contributed by atoms with E-state index in [0.29, 0.717) is 18.7 Å². The average molecular weight is 257 g/mol. The van der Waals surface area contributed by atoms with Crippen LogP contribution in [-0.4, -0.2) is 25.4 Å². The van der Waals surface area contributed by atoms with Gasteiger partial charge in [0.15, 0.2) is 0 Å². The predicted octanol–water partition coefficient (Wildman–Crippen LogP) is 2.20. The quantitative estimate of drug-likeness (QED) is 0.626. The summed E-state index contributed by atoms with van der Waals surface area (Å²) >= 11 is 1.29. The average Bonchev–Trinajstić information content (AvgIpc) is 2.30. The highest BCUT2D eigenvalue weighted by molar-refractivity contribution is 8.00. The van der Waals surface area contributed by atoms with Crippen LogP contribution >= 0.6 is 11.8 Å². The second kappa shape index (κ2) is 7.29. The molecule has 1 aromatic carbocycles. The minimum atomic E-state index is -0.280. The molecular formula is C12H16FNO2S. The second-order valence-corrected chi connectivity index (χ2v) is 4.36. The van der Waals surface area contributed by atoms with E-state index >= 15 is 0 Å². The molecule has 0 heterocycles. The summed E-state index contributed by atoms with van der Waals surface area (Å²) in [6.45, 7) is 2.57. The van der Waals surface area contributed by atoms with Crippen LogP contribution in [0.5, 0.6) is 0 Å². The van der Waals surface area contributed by atoms with Crippen molar-refractivity contribution in [2.75, 3.05) is 19.4 Å². The Labute approximate surface area is 105 Å². The molecule has 94 valence electrons. The fourth-order valence-electron chi connectivity index (χ4n) is 1.36. The number of halogens is 1. The number of rotatable bonds is 6. The Morgan fingerprint density at radius 2 is 2.29 bits per heavy atom. The van der Waals surface area contributed by atoms with Crippen molar-refractivity contribution in [2.24, 2.45) is 0 Å². The van der Waals surface area contributed by atoms with Crippen LogP contribution in [-0.2, 0) is 16.1 Å². The Morgan fingerprint density at radius 1 is 1.53 bits per heavy atom.